The zero-order valence-corrected chi connectivity index (χ0v) is 16.6. The molecule has 0 fully saturated rings. The SMILES string of the molecule is C=CC(=O)N(CC)c1cccc(-n2ncc(-c3ccc(C(N)=O)c(OC)c3)c2F)c1. The number of anilines is 1. The van der Waals surface area contributed by atoms with Crippen molar-refractivity contribution < 1.29 is 18.7 Å². The van der Waals surface area contributed by atoms with Crippen molar-refractivity contribution in [1.29, 1.82) is 0 Å². The molecule has 0 aliphatic rings. The fourth-order valence-electron chi connectivity index (χ4n) is 3.14. The second-order valence-corrected chi connectivity index (χ2v) is 6.35. The van der Waals surface area contributed by atoms with Gasteiger partial charge in [0.25, 0.3) is 5.91 Å². The van der Waals surface area contributed by atoms with Crippen LogP contribution in [-0.4, -0.2) is 35.2 Å². The van der Waals surface area contributed by atoms with Crippen LogP contribution in [0.1, 0.15) is 17.3 Å². The van der Waals surface area contributed by atoms with Crippen molar-refractivity contribution in [3.8, 4) is 22.6 Å². The molecular formula is C22H21FN4O3. The number of hydrogen-bond donors (Lipinski definition) is 1. The number of methoxy groups -OCH3 is 1. The number of amides is 2. The van der Waals surface area contributed by atoms with Crippen LogP contribution < -0.4 is 15.4 Å². The van der Waals surface area contributed by atoms with E-state index in [1.165, 1.54) is 36.4 Å². The van der Waals surface area contributed by atoms with Crippen LogP contribution in [0.4, 0.5) is 10.1 Å². The third kappa shape index (κ3) is 3.80. The van der Waals surface area contributed by atoms with Gasteiger partial charge in [-0.3, -0.25) is 9.59 Å². The van der Waals surface area contributed by atoms with Crippen molar-refractivity contribution >= 4 is 17.5 Å². The minimum atomic E-state index is -0.638. The van der Waals surface area contributed by atoms with Gasteiger partial charge in [0, 0.05) is 12.2 Å². The molecule has 1 aromatic heterocycles. The number of rotatable bonds is 7. The largest absolute Gasteiger partial charge is 0.496 e. The van der Waals surface area contributed by atoms with Gasteiger partial charge in [-0.15, -0.1) is 0 Å². The Hall–Kier alpha value is -3.94. The molecule has 8 heteroatoms. The number of primary amides is 1. The molecule has 0 saturated carbocycles. The lowest BCUT2D eigenvalue weighted by atomic mass is 10.1. The average Bonchev–Trinajstić information content (AvgIpc) is 3.15. The van der Waals surface area contributed by atoms with Crippen molar-refractivity contribution in [3.05, 3.63) is 72.8 Å². The van der Waals surface area contributed by atoms with Gasteiger partial charge in [0.05, 0.1) is 30.1 Å². The zero-order valence-electron chi connectivity index (χ0n) is 16.6. The van der Waals surface area contributed by atoms with E-state index in [9.17, 15) is 9.59 Å². The molecule has 3 aromatic rings. The van der Waals surface area contributed by atoms with Crippen molar-refractivity contribution in [2.45, 2.75) is 6.92 Å². The van der Waals surface area contributed by atoms with Gasteiger partial charge in [0.15, 0.2) is 0 Å². The smallest absolute Gasteiger partial charge is 0.252 e. The number of ether oxygens (including phenoxy) is 1. The number of likely N-dealkylation sites (N-methyl/N-ethyl adjacent to an activating group) is 1. The fraction of sp³-hybridized carbons (Fsp3) is 0.136. The number of hydrogen-bond acceptors (Lipinski definition) is 4. The highest BCUT2D eigenvalue weighted by Gasteiger charge is 2.18. The molecule has 0 unspecified atom stereocenters. The third-order valence-corrected chi connectivity index (χ3v) is 4.63. The Morgan fingerprint density at radius 3 is 2.70 bits per heavy atom. The van der Waals surface area contributed by atoms with Crippen LogP contribution >= 0.6 is 0 Å². The summed E-state index contributed by atoms with van der Waals surface area (Å²) in [7, 11) is 1.40. The Balaban J connectivity index is 2.02. The van der Waals surface area contributed by atoms with E-state index in [-0.39, 0.29) is 22.8 Å². The summed E-state index contributed by atoms with van der Waals surface area (Å²) < 4.78 is 21.5. The summed E-state index contributed by atoms with van der Waals surface area (Å²) in [5, 5.41) is 4.15. The van der Waals surface area contributed by atoms with Gasteiger partial charge >= 0.3 is 0 Å². The molecule has 154 valence electrons. The molecule has 0 aliphatic heterocycles. The van der Waals surface area contributed by atoms with Gasteiger partial charge in [-0.1, -0.05) is 18.7 Å². The summed E-state index contributed by atoms with van der Waals surface area (Å²) >= 11 is 0. The van der Waals surface area contributed by atoms with E-state index >= 15 is 4.39 Å². The molecule has 0 spiro atoms. The Kier molecular flexibility index (Phi) is 5.96. The molecule has 0 atom stereocenters. The lowest BCUT2D eigenvalue weighted by molar-refractivity contribution is -0.114. The Labute approximate surface area is 173 Å². The molecule has 0 radical (unpaired) electrons. The predicted octanol–water partition coefficient (Wildman–Crippen LogP) is 3.32. The van der Waals surface area contributed by atoms with Crippen molar-refractivity contribution in [2.24, 2.45) is 5.73 Å². The van der Waals surface area contributed by atoms with Gasteiger partial charge in [-0.2, -0.15) is 9.49 Å². The third-order valence-electron chi connectivity index (χ3n) is 4.63. The minimum absolute atomic E-state index is 0.202. The van der Waals surface area contributed by atoms with Crippen LogP contribution in [0.25, 0.3) is 16.8 Å². The van der Waals surface area contributed by atoms with Gasteiger partial charge in [0.2, 0.25) is 11.9 Å². The quantitative estimate of drug-likeness (QED) is 0.607. The van der Waals surface area contributed by atoms with Gasteiger partial charge < -0.3 is 15.4 Å². The summed E-state index contributed by atoms with van der Waals surface area (Å²) in [6.45, 7) is 5.78. The fourth-order valence-corrected chi connectivity index (χ4v) is 3.14. The summed E-state index contributed by atoms with van der Waals surface area (Å²) in [5.41, 5.74) is 7.29. The Morgan fingerprint density at radius 1 is 1.30 bits per heavy atom. The number of nitrogens with zero attached hydrogens (tertiary/aromatic N) is 3. The highest BCUT2D eigenvalue weighted by atomic mass is 19.1. The maximum Gasteiger partial charge on any atom is 0.252 e. The summed E-state index contributed by atoms with van der Waals surface area (Å²) in [6.07, 6.45) is 2.61. The summed E-state index contributed by atoms with van der Waals surface area (Å²) in [5.74, 6) is -1.24. The monoisotopic (exact) mass is 408 g/mol. The summed E-state index contributed by atoms with van der Waals surface area (Å²) in [4.78, 5) is 25.1. The molecule has 3 rings (SSSR count). The summed E-state index contributed by atoms with van der Waals surface area (Å²) in [6, 6.07) is 11.4. The average molecular weight is 408 g/mol. The normalized spacial score (nSPS) is 10.5. The van der Waals surface area contributed by atoms with E-state index in [1.54, 1.807) is 30.3 Å². The lowest BCUT2D eigenvalue weighted by Crippen LogP contribution is -2.28. The molecule has 2 aromatic carbocycles. The molecule has 7 nitrogen and oxygen atoms in total. The molecule has 2 N–H and O–H groups in total. The predicted molar refractivity (Wildman–Crippen MR) is 112 cm³/mol. The van der Waals surface area contributed by atoms with E-state index in [0.29, 0.717) is 23.5 Å². The zero-order chi connectivity index (χ0) is 21.8. The number of aromatic nitrogens is 2. The first-order chi connectivity index (χ1) is 14.4. The van der Waals surface area contributed by atoms with Crippen molar-refractivity contribution in [3.63, 3.8) is 0 Å². The van der Waals surface area contributed by atoms with E-state index in [4.69, 9.17) is 10.5 Å². The number of nitrogens with two attached hydrogens (primary N) is 1. The topological polar surface area (TPSA) is 90.5 Å². The molecular weight excluding hydrogens is 387 g/mol. The number of halogens is 1. The number of carbonyl (C=O) groups is 2. The van der Waals surface area contributed by atoms with E-state index in [0.717, 1.165) is 4.68 Å². The second kappa shape index (κ2) is 8.60. The first-order valence-electron chi connectivity index (χ1n) is 9.17. The highest BCUT2D eigenvalue weighted by Crippen LogP contribution is 2.30. The Bertz CT molecular complexity index is 1120. The van der Waals surface area contributed by atoms with Crippen LogP contribution in [0.5, 0.6) is 5.75 Å². The minimum Gasteiger partial charge on any atom is -0.496 e. The maximum atomic E-state index is 15.2. The second-order valence-electron chi connectivity index (χ2n) is 6.35. The number of carbonyl (C=O) groups excluding carboxylic acids is 2. The molecule has 0 saturated heterocycles. The van der Waals surface area contributed by atoms with Crippen molar-refractivity contribution in [2.75, 3.05) is 18.6 Å². The van der Waals surface area contributed by atoms with E-state index in [1.807, 2.05) is 6.92 Å². The van der Waals surface area contributed by atoms with Crippen LogP contribution in [0.2, 0.25) is 0 Å². The van der Waals surface area contributed by atoms with Gasteiger partial charge in [-0.05, 0) is 48.9 Å². The molecule has 30 heavy (non-hydrogen) atoms. The number of benzene rings is 2. The van der Waals surface area contributed by atoms with Crippen molar-refractivity contribution in [1.82, 2.24) is 9.78 Å². The molecule has 2 amide bonds. The van der Waals surface area contributed by atoms with Crippen LogP contribution in [0.15, 0.2) is 61.3 Å². The van der Waals surface area contributed by atoms with Gasteiger partial charge in [-0.25, -0.2) is 4.68 Å². The lowest BCUT2D eigenvalue weighted by Gasteiger charge is -2.20. The van der Waals surface area contributed by atoms with Crippen LogP contribution in [-0.2, 0) is 4.79 Å². The van der Waals surface area contributed by atoms with Gasteiger partial charge in [0.1, 0.15) is 5.75 Å². The first-order valence-corrected chi connectivity index (χ1v) is 9.17. The molecule has 0 aliphatic carbocycles. The molecule has 0 bridgehead atoms. The van der Waals surface area contributed by atoms with Crippen LogP contribution in [0.3, 0.4) is 0 Å². The highest BCUT2D eigenvalue weighted by molar-refractivity contribution is 6.01. The van der Waals surface area contributed by atoms with E-state index < -0.39 is 11.9 Å². The van der Waals surface area contributed by atoms with E-state index in [2.05, 4.69) is 11.7 Å². The standard InChI is InChI=1S/C22H21FN4O3/c1-4-20(28)26(5-2)15-7-6-8-16(12-15)27-21(23)18(13-25-27)14-9-10-17(22(24)29)19(11-14)30-3/h4,6-13H,1,5H2,2-3H3,(H2,24,29). The van der Waals surface area contributed by atoms with Crippen LogP contribution in [0, 0.1) is 5.95 Å². The Morgan fingerprint density at radius 2 is 2.07 bits per heavy atom. The maximum absolute atomic E-state index is 15.2. The molecule has 1 heterocycles. The first kappa shape index (κ1) is 20.8.